The van der Waals surface area contributed by atoms with Gasteiger partial charge in [0, 0.05) is 16.3 Å². The van der Waals surface area contributed by atoms with E-state index in [9.17, 15) is 4.79 Å². The molecule has 17 heavy (non-hydrogen) atoms. The van der Waals surface area contributed by atoms with Gasteiger partial charge in [-0.05, 0) is 42.5 Å². The van der Waals surface area contributed by atoms with Gasteiger partial charge in [0.15, 0.2) is 0 Å². The molecule has 1 amide bonds. The summed E-state index contributed by atoms with van der Waals surface area (Å²) in [7, 11) is 0. The molecular weight excluding hydrogens is 256 g/mol. The first-order valence-corrected chi connectivity index (χ1v) is 7.07. The molecule has 1 fully saturated rings. The van der Waals surface area contributed by atoms with Gasteiger partial charge in [-0.3, -0.25) is 4.79 Å². The highest BCUT2D eigenvalue weighted by molar-refractivity contribution is 7.98. The quantitative estimate of drug-likeness (QED) is 0.859. The van der Waals surface area contributed by atoms with Crippen molar-refractivity contribution in [3.05, 3.63) is 34.3 Å². The van der Waals surface area contributed by atoms with Crippen molar-refractivity contribution in [2.24, 2.45) is 11.7 Å². The minimum Gasteiger partial charge on any atom is -0.366 e. The molecular formula is C12H15ClN2OS. The molecule has 0 aliphatic carbocycles. The van der Waals surface area contributed by atoms with E-state index in [1.165, 1.54) is 0 Å². The standard InChI is InChI=1S/C12H15ClN2OS/c13-11-3-9(12(14)16)1-2-10(11)7-17-6-8-4-15-5-8/h1-3,8,15H,4-7H2,(H2,14,16). The van der Waals surface area contributed by atoms with E-state index in [0.29, 0.717) is 10.6 Å². The van der Waals surface area contributed by atoms with Gasteiger partial charge in [-0.15, -0.1) is 0 Å². The van der Waals surface area contributed by atoms with Gasteiger partial charge in [-0.25, -0.2) is 0 Å². The lowest BCUT2D eigenvalue weighted by Gasteiger charge is -2.26. The predicted octanol–water partition coefficient (Wildman–Crippen LogP) is 1.89. The monoisotopic (exact) mass is 270 g/mol. The van der Waals surface area contributed by atoms with Gasteiger partial charge in [-0.2, -0.15) is 11.8 Å². The number of hydrogen-bond acceptors (Lipinski definition) is 3. The van der Waals surface area contributed by atoms with Gasteiger partial charge in [0.2, 0.25) is 5.91 Å². The Labute approximate surface area is 110 Å². The fourth-order valence-corrected chi connectivity index (χ4v) is 3.10. The Bertz CT molecular complexity index is 421. The number of thioether (sulfide) groups is 1. The van der Waals surface area contributed by atoms with Crippen LogP contribution in [0.15, 0.2) is 18.2 Å². The van der Waals surface area contributed by atoms with Crippen molar-refractivity contribution in [2.45, 2.75) is 5.75 Å². The molecule has 92 valence electrons. The lowest BCUT2D eigenvalue weighted by atomic mass is 10.1. The number of primary amides is 1. The normalized spacial score (nSPS) is 15.6. The van der Waals surface area contributed by atoms with Crippen molar-refractivity contribution in [1.29, 1.82) is 0 Å². The molecule has 1 aromatic rings. The van der Waals surface area contributed by atoms with Crippen molar-refractivity contribution >= 4 is 29.3 Å². The maximum atomic E-state index is 11.0. The molecule has 3 nitrogen and oxygen atoms in total. The van der Waals surface area contributed by atoms with Crippen LogP contribution < -0.4 is 11.1 Å². The zero-order valence-electron chi connectivity index (χ0n) is 9.41. The lowest BCUT2D eigenvalue weighted by molar-refractivity contribution is 0.100. The smallest absolute Gasteiger partial charge is 0.248 e. The van der Waals surface area contributed by atoms with Crippen LogP contribution in [0.2, 0.25) is 5.02 Å². The number of halogens is 1. The molecule has 1 heterocycles. The Kier molecular flexibility index (Phi) is 4.31. The molecule has 0 atom stereocenters. The topological polar surface area (TPSA) is 55.1 Å². The Morgan fingerprint density at radius 1 is 1.53 bits per heavy atom. The minimum atomic E-state index is -0.438. The molecule has 2 rings (SSSR count). The van der Waals surface area contributed by atoms with E-state index in [-0.39, 0.29) is 0 Å². The maximum absolute atomic E-state index is 11.0. The molecule has 0 bridgehead atoms. The highest BCUT2D eigenvalue weighted by Crippen LogP contribution is 2.24. The highest BCUT2D eigenvalue weighted by atomic mass is 35.5. The summed E-state index contributed by atoms with van der Waals surface area (Å²) in [5.41, 5.74) is 6.72. The number of benzene rings is 1. The van der Waals surface area contributed by atoms with E-state index in [4.69, 9.17) is 17.3 Å². The van der Waals surface area contributed by atoms with E-state index in [0.717, 1.165) is 36.1 Å². The van der Waals surface area contributed by atoms with Crippen LogP contribution in [-0.2, 0) is 5.75 Å². The van der Waals surface area contributed by atoms with Crippen molar-refractivity contribution in [3.63, 3.8) is 0 Å². The van der Waals surface area contributed by atoms with Gasteiger partial charge < -0.3 is 11.1 Å². The SMILES string of the molecule is NC(=O)c1ccc(CSCC2CNC2)c(Cl)c1. The van der Waals surface area contributed by atoms with Crippen molar-refractivity contribution < 1.29 is 4.79 Å². The molecule has 1 saturated heterocycles. The number of amides is 1. The van der Waals surface area contributed by atoms with E-state index in [1.54, 1.807) is 12.1 Å². The molecule has 0 unspecified atom stereocenters. The van der Waals surface area contributed by atoms with E-state index < -0.39 is 5.91 Å². The summed E-state index contributed by atoms with van der Waals surface area (Å²) in [5.74, 6) is 2.39. The Hall–Kier alpha value is -0.710. The van der Waals surface area contributed by atoms with Crippen LogP contribution in [0.4, 0.5) is 0 Å². The van der Waals surface area contributed by atoms with E-state index in [1.807, 2.05) is 17.8 Å². The van der Waals surface area contributed by atoms with Crippen LogP contribution in [0.25, 0.3) is 0 Å². The van der Waals surface area contributed by atoms with Gasteiger partial charge in [-0.1, -0.05) is 17.7 Å². The molecule has 0 spiro atoms. The molecule has 3 N–H and O–H groups in total. The average molecular weight is 271 g/mol. The molecule has 5 heteroatoms. The summed E-state index contributed by atoms with van der Waals surface area (Å²) < 4.78 is 0. The largest absolute Gasteiger partial charge is 0.366 e. The fraction of sp³-hybridized carbons (Fsp3) is 0.417. The van der Waals surface area contributed by atoms with Gasteiger partial charge in [0.25, 0.3) is 0 Å². The number of carbonyl (C=O) groups excluding carboxylic acids is 1. The van der Waals surface area contributed by atoms with Crippen molar-refractivity contribution in [3.8, 4) is 0 Å². The second kappa shape index (κ2) is 5.76. The number of carbonyl (C=O) groups is 1. The Morgan fingerprint density at radius 3 is 2.82 bits per heavy atom. The molecule has 1 aliphatic heterocycles. The van der Waals surface area contributed by atoms with E-state index in [2.05, 4.69) is 5.32 Å². The van der Waals surface area contributed by atoms with E-state index >= 15 is 0 Å². The molecule has 0 saturated carbocycles. The third-order valence-electron chi connectivity index (χ3n) is 2.81. The van der Waals surface area contributed by atoms with Gasteiger partial charge in [0.05, 0.1) is 0 Å². The van der Waals surface area contributed by atoms with Crippen LogP contribution in [0.3, 0.4) is 0 Å². The third-order valence-corrected chi connectivity index (χ3v) is 4.39. The highest BCUT2D eigenvalue weighted by Gasteiger charge is 2.16. The first-order chi connectivity index (χ1) is 8.16. The zero-order chi connectivity index (χ0) is 12.3. The fourth-order valence-electron chi connectivity index (χ4n) is 1.62. The minimum absolute atomic E-state index is 0.438. The first kappa shape index (κ1) is 12.7. The summed E-state index contributed by atoms with van der Waals surface area (Å²) >= 11 is 7.98. The molecule has 1 aliphatic rings. The van der Waals surface area contributed by atoms with Gasteiger partial charge >= 0.3 is 0 Å². The second-order valence-corrected chi connectivity index (χ2v) is 5.65. The molecule has 1 aromatic carbocycles. The number of hydrogen-bond donors (Lipinski definition) is 2. The van der Waals surface area contributed by atoms with Crippen molar-refractivity contribution in [2.75, 3.05) is 18.8 Å². The summed E-state index contributed by atoms with van der Waals surface area (Å²) in [6, 6.07) is 5.26. The Morgan fingerprint density at radius 2 is 2.29 bits per heavy atom. The zero-order valence-corrected chi connectivity index (χ0v) is 11.0. The first-order valence-electron chi connectivity index (χ1n) is 5.53. The predicted molar refractivity (Wildman–Crippen MR) is 72.5 cm³/mol. The molecule has 0 aromatic heterocycles. The maximum Gasteiger partial charge on any atom is 0.248 e. The number of rotatable bonds is 5. The summed E-state index contributed by atoms with van der Waals surface area (Å²) in [6.07, 6.45) is 0. The van der Waals surface area contributed by atoms with Crippen LogP contribution >= 0.6 is 23.4 Å². The van der Waals surface area contributed by atoms with Crippen LogP contribution in [0.1, 0.15) is 15.9 Å². The summed E-state index contributed by atoms with van der Waals surface area (Å²) in [5, 5.41) is 3.88. The number of nitrogens with two attached hydrogens (primary N) is 1. The summed E-state index contributed by atoms with van der Waals surface area (Å²) in [4.78, 5) is 11.0. The van der Waals surface area contributed by atoms with Crippen LogP contribution in [-0.4, -0.2) is 24.7 Å². The number of nitrogens with one attached hydrogen (secondary N) is 1. The second-order valence-electron chi connectivity index (χ2n) is 4.21. The summed E-state index contributed by atoms with van der Waals surface area (Å²) in [6.45, 7) is 2.25. The van der Waals surface area contributed by atoms with Crippen molar-refractivity contribution in [1.82, 2.24) is 5.32 Å². The third kappa shape index (κ3) is 3.37. The molecule has 0 radical (unpaired) electrons. The Balaban J connectivity index is 1.89. The van der Waals surface area contributed by atoms with Crippen LogP contribution in [0, 0.1) is 5.92 Å². The van der Waals surface area contributed by atoms with Gasteiger partial charge in [0.1, 0.15) is 0 Å². The van der Waals surface area contributed by atoms with Crippen LogP contribution in [0.5, 0.6) is 0 Å². The lowest BCUT2D eigenvalue weighted by Crippen LogP contribution is -2.43. The average Bonchev–Trinajstić information content (AvgIpc) is 2.23.